The average Bonchev–Trinajstić information content (AvgIpc) is 2.15. The molecular weight excluding hydrogens is 264 g/mol. The molecule has 0 aliphatic carbocycles. The van der Waals surface area contributed by atoms with Crippen LogP contribution in [0.15, 0.2) is 11.1 Å². The van der Waals surface area contributed by atoms with Gasteiger partial charge in [0.05, 0.1) is 12.5 Å². The molecule has 86 valence electrons. The van der Waals surface area contributed by atoms with Crippen LogP contribution in [-0.4, -0.2) is 30.2 Å². The number of amides is 2. The third kappa shape index (κ3) is 6.96. The summed E-state index contributed by atoms with van der Waals surface area (Å²) in [6.07, 6.45) is 0.487. The van der Waals surface area contributed by atoms with Crippen molar-refractivity contribution in [1.82, 2.24) is 10.6 Å². The van der Waals surface area contributed by atoms with Gasteiger partial charge < -0.3 is 15.7 Å². The van der Waals surface area contributed by atoms with E-state index in [9.17, 15) is 9.59 Å². The molecule has 0 fully saturated rings. The van der Waals surface area contributed by atoms with E-state index in [1.807, 2.05) is 0 Å². The summed E-state index contributed by atoms with van der Waals surface area (Å²) in [6, 6.07) is -0.393. The van der Waals surface area contributed by atoms with Gasteiger partial charge in [-0.25, -0.2) is 4.79 Å². The lowest BCUT2D eigenvalue weighted by atomic mass is 10.1. The van der Waals surface area contributed by atoms with E-state index in [1.54, 1.807) is 6.92 Å². The predicted molar refractivity (Wildman–Crippen MR) is 60.9 cm³/mol. The molecule has 0 bridgehead atoms. The van der Waals surface area contributed by atoms with Crippen LogP contribution in [0.1, 0.15) is 13.3 Å². The fourth-order valence-electron chi connectivity index (χ4n) is 0.861. The first-order valence-electron chi connectivity index (χ1n) is 4.55. The van der Waals surface area contributed by atoms with Crippen molar-refractivity contribution in [2.45, 2.75) is 13.3 Å². The van der Waals surface area contributed by atoms with E-state index >= 15 is 0 Å². The first-order valence-corrected chi connectivity index (χ1v) is 5.34. The minimum absolute atomic E-state index is 0.131. The molecule has 0 radical (unpaired) electrons. The number of carbonyl (C=O) groups excluding carboxylic acids is 1. The predicted octanol–water partition coefficient (Wildman–Crippen LogP) is 1.30. The van der Waals surface area contributed by atoms with E-state index in [0.29, 0.717) is 17.4 Å². The van der Waals surface area contributed by atoms with E-state index in [4.69, 9.17) is 5.11 Å². The molecule has 3 N–H and O–H groups in total. The maximum atomic E-state index is 11.1. The van der Waals surface area contributed by atoms with E-state index < -0.39 is 17.9 Å². The number of nitrogens with one attached hydrogen (secondary N) is 2. The average molecular weight is 279 g/mol. The third-order valence-electron chi connectivity index (χ3n) is 1.79. The topological polar surface area (TPSA) is 78.4 Å². The molecule has 0 heterocycles. The van der Waals surface area contributed by atoms with E-state index in [2.05, 4.69) is 33.1 Å². The van der Waals surface area contributed by atoms with Crippen molar-refractivity contribution in [1.29, 1.82) is 0 Å². The lowest BCUT2D eigenvalue weighted by Gasteiger charge is -2.11. The van der Waals surface area contributed by atoms with Crippen molar-refractivity contribution in [2.24, 2.45) is 5.92 Å². The van der Waals surface area contributed by atoms with E-state index in [-0.39, 0.29) is 6.54 Å². The highest BCUT2D eigenvalue weighted by molar-refractivity contribution is 9.11. The molecule has 0 saturated carbocycles. The van der Waals surface area contributed by atoms with Gasteiger partial charge in [0, 0.05) is 11.0 Å². The quantitative estimate of drug-likeness (QED) is 0.685. The zero-order chi connectivity index (χ0) is 11.8. The maximum Gasteiger partial charge on any atom is 0.315 e. The van der Waals surface area contributed by atoms with E-state index in [0.717, 1.165) is 0 Å². The maximum absolute atomic E-state index is 11.1. The van der Waals surface area contributed by atoms with Gasteiger partial charge in [0.2, 0.25) is 0 Å². The molecule has 0 spiro atoms. The molecule has 0 aromatic rings. The Labute approximate surface area is 97.1 Å². The van der Waals surface area contributed by atoms with Crippen molar-refractivity contribution in [3.05, 3.63) is 11.1 Å². The number of rotatable bonds is 6. The van der Waals surface area contributed by atoms with Crippen LogP contribution in [-0.2, 0) is 4.79 Å². The van der Waals surface area contributed by atoms with Crippen LogP contribution in [0.4, 0.5) is 4.79 Å². The second-order valence-corrected chi connectivity index (χ2v) is 4.15. The Hall–Kier alpha value is -1.04. The van der Waals surface area contributed by atoms with Crippen LogP contribution < -0.4 is 10.6 Å². The molecule has 5 nitrogen and oxygen atoms in total. The molecular formula is C9H15BrN2O3. The second-order valence-electron chi connectivity index (χ2n) is 3.02. The Morgan fingerprint density at radius 1 is 1.47 bits per heavy atom. The first-order chi connectivity index (χ1) is 6.97. The Bertz CT molecular complexity index is 256. The molecule has 0 aliphatic heterocycles. The number of aliphatic carboxylic acids is 1. The summed E-state index contributed by atoms with van der Waals surface area (Å²) in [4.78, 5) is 21.7. The highest BCUT2D eigenvalue weighted by Gasteiger charge is 2.15. The van der Waals surface area contributed by atoms with Gasteiger partial charge in [-0.05, 0) is 6.42 Å². The number of carboxylic acids is 1. The molecule has 0 aromatic carbocycles. The third-order valence-corrected chi connectivity index (χ3v) is 2.07. The van der Waals surface area contributed by atoms with Gasteiger partial charge >= 0.3 is 12.0 Å². The second kappa shape index (κ2) is 7.28. The molecule has 0 rings (SSSR count). The summed E-state index contributed by atoms with van der Waals surface area (Å²) >= 11 is 3.09. The molecule has 15 heavy (non-hydrogen) atoms. The van der Waals surface area contributed by atoms with Crippen LogP contribution in [0, 0.1) is 5.92 Å². The number of carbonyl (C=O) groups is 2. The smallest absolute Gasteiger partial charge is 0.315 e. The number of hydrogen-bond acceptors (Lipinski definition) is 2. The Morgan fingerprint density at radius 3 is 2.47 bits per heavy atom. The molecule has 1 atom stereocenters. The normalized spacial score (nSPS) is 11.6. The minimum atomic E-state index is -0.900. The standard InChI is InChI=1S/C9H15BrN2O3/c1-3-7(8(13)14)5-12-9(15)11-4-6(2)10/h7H,2-5H2,1H3,(H,13,14)(H2,11,12,15). The monoisotopic (exact) mass is 278 g/mol. The SMILES string of the molecule is C=C(Br)CNC(=O)NCC(CC)C(=O)O. The van der Waals surface area contributed by atoms with Gasteiger partial charge in [-0.1, -0.05) is 29.4 Å². The molecule has 0 aliphatic rings. The summed E-state index contributed by atoms with van der Waals surface area (Å²) < 4.78 is 0.655. The van der Waals surface area contributed by atoms with Gasteiger partial charge in [-0.15, -0.1) is 0 Å². The van der Waals surface area contributed by atoms with Gasteiger partial charge in [-0.3, -0.25) is 4.79 Å². The summed E-state index contributed by atoms with van der Waals surface area (Å²) in [5.74, 6) is -1.44. The van der Waals surface area contributed by atoms with Gasteiger partial charge in [0.1, 0.15) is 0 Å². The fraction of sp³-hybridized carbons (Fsp3) is 0.556. The zero-order valence-electron chi connectivity index (χ0n) is 8.55. The van der Waals surface area contributed by atoms with Crippen molar-refractivity contribution >= 4 is 27.9 Å². The lowest BCUT2D eigenvalue weighted by Crippen LogP contribution is -2.40. The number of urea groups is 1. The highest BCUT2D eigenvalue weighted by atomic mass is 79.9. The van der Waals surface area contributed by atoms with Crippen LogP contribution in [0.25, 0.3) is 0 Å². The molecule has 2 amide bonds. The highest BCUT2D eigenvalue weighted by Crippen LogP contribution is 2.00. The first kappa shape index (κ1) is 14.0. The van der Waals surface area contributed by atoms with Crippen molar-refractivity contribution in [2.75, 3.05) is 13.1 Å². The van der Waals surface area contributed by atoms with Gasteiger partial charge in [0.25, 0.3) is 0 Å². The van der Waals surface area contributed by atoms with Crippen LogP contribution in [0.5, 0.6) is 0 Å². The molecule has 0 saturated heterocycles. The minimum Gasteiger partial charge on any atom is -0.481 e. The largest absolute Gasteiger partial charge is 0.481 e. The van der Waals surface area contributed by atoms with Crippen molar-refractivity contribution < 1.29 is 14.7 Å². The zero-order valence-corrected chi connectivity index (χ0v) is 10.1. The van der Waals surface area contributed by atoms with Crippen molar-refractivity contribution in [3.63, 3.8) is 0 Å². The Kier molecular flexibility index (Phi) is 6.77. The van der Waals surface area contributed by atoms with Crippen LogP contribution in [0.2, 0.25) is 0 Å². The Balaban J connectivity index is 3.78. The summed E-state index contributed by atoms with van der Waals surface area (Å²) in [6.45, 7) is 5.76. The molecule has 1 unspecified atom stereocenters. The number of halogens is 1. The fourth-order valence-corrected chi connectivity index (χ4v) is 1.00. The Morgan fingerprint density at radius 2 is 2.07 bits per heavy atom. The van der Waals surface area contributed by atoms with Gasteiger partial charge in [0.15, 0.2) is 0 Å². The summed E-state index contributed by atoms with van der Waals surface area (Å²) in [5, 5.41) is 13.7. The lowest BCUT2D eigenvalue weighted by molar-refractivity contribution is -0.141. The number of hydrogen-bond donors (Lipinski definition) is 3. The summed E-state index contributed by atoms with van der Waals surface area (Å²) in [5.41, 5.74) is 0. The summed E-state index contributed by atoms with van der Waals surface area (Å²) in [7, 11) is 0. The van der Waals surface area contributed by atoms with E-state index in [1.165, 1.54) is 0 Å². The molecule has 0 aromatic heterocycles. The van der Waals surface area contributed by atoms with Gasteiger partial charge in [-0.2, -0.15) is 0 Å². The van der Waals surface area contributed by atoms with Crippen LogP contribution in [0.3, 0.4) is 0 Å². The van der Waals surface area contributed by atoms with Crippen LogP contribution >= 0.6 is 15.9 Å². The number of carboxylic acid groups (broad SMARTS) is 1. The van der Waals surface area contributed by atoms with Crippen molar-refractivity contribution in [3.8, 4) is 0 Å². The molecule has 6 heteroatoms.